The summed E-state index contributed by atoms with van der Waals surface area (Å²) in [4.78, 5) is 0. The Morgan fingerprint density at radius 1 is 0.850 bits per heavy atom. The van der Waals surface area contributed by atoms with Gasteiger partial charge in [0.2, 0.25) is 0 Å². The highest BCUT2D eigenvalue weighted by Crippen LogP contribution is 2.11. The van der Waals surface area contributed by atoms with Gasteiger partial charge in [-0.3, -0.25) is 0 Å². The molecule has 0 aliphatic heterocycles. The third kappa shape index (κ3) is 3.89. The van der Waals surface area contributed by atoms with E-state index in [0.29, 0.717) is 5.57 Å². The molecule has 0 saturated heterocycles. The van der Waals surface area contributed by atoms with Crippen LogP contribution in [0.15, 0.2) is 60.2 Å². The molecule has 2 aromatic carbocycles. The van der Waals surface area contributed by atoms with Gasteiger partial charge in [-0.15, -0.1) is 0 Å². The highest BCUT2D eigenvalue weighted by atomic mass is 19.1. The molecule has 2 rings (SSSR count). The summed E-state index contributed by atoms with van der Waals surface area (Å²) in [5.41, 5.74) is 1.97. The molecule has 0 atom stereocenters. The fourth-order valence-corrected chi connectivity index (χ4v) is 1.62. The van der Waals surface area contributed by atoms with Crippen LogP contribution < -0.4 is 0 Å². The van der Waals surface area contributed by atoms with E-state index >= 15 is 0 Å². The van der Waals surface area contributed by atoms with Crippen LogP contribution in [0, 0.1) is 23.0 Å². The monoisotopic (exact) mass is 267 g/mol. The summed E-state index contributed by atoms with van der Waals surface area (Å²) in [6, 6.07) is 13.9. The van der Waals surface area contributed by atoms with E-state index in [4.69, 9.17) is 5.26 Å². The van der Waals surface area contributed by atoms with Crippen LogP contribution in [-0.2, 0) is 0 Å². The van der Waals surface area contributed by atoms with Gasteiger partial charge >= 0.3 is 0 Å². The van der Waals surface area contributed by atoms with Gasteiger partial charge in [0, 0.05) is 0 Å². The average molecular weight is 267 g/mol. The van der Waals surface area contributed by atoms with E-state index in [9.17, 15) is 8.78 Å². The number of hydrogen-bond donors (Lipinski definition) is 0. The molecule has 0 N–H and O–H groups in total. The largest absolute Gasteiger partial charge is 0.207 e. The Balaban J connectivity index is 2.18. The van der Waals surface area contributed by atoms with Crippen LogP contribution >= 0.6 is 0 Å². The smallest absolute Gasteiger partial charge is 0.123 e. The SMILES string of the molecule is N#CC(/C=C/c1ccc(F)cc1)=C/c1ccc(F)cc1. The molecule has 0 aliphatic rings. The van der Waals surface area contributed by atoms with E-state index in [1.165, 1.54) is 24.3 Å². The van der Waals surface area contributed by atoms with E-state index in [0.717, 1.165) is 11.1 Å². The van der Waals surface area contributed by atoms with Crippen molar-refractivity contribution >= 4 is 12.2 Å². The molecule has 3 heteroatoms. The Kier molecular flexibility index (Phi) is 4.41. The lowest BCUT2D eigenvalue weighted by Gasteiger charge is -1.95. The van der Waals surface area contributed by atoms with Gasteiger partial charge in [-0.1, -0.05) is 30.3 Å². The summed E-state index contributed by atoms with van der Waals surface area (Å²) in [6.45, 7) is 0. The normalized spacial score (nSPS) is 11.6. The van der Waals surface area contributed by atoms with Crippen molar-refractivity contribution in [2.75, 3.05) is 0 Å². The van der Waals surface area contributed by atoms with E-state index < -0.39 is 0 Å². The second kappa shape index (κ2) is 6.44. The predicted molar refractivity (Wildman–Crippen MR) is 75.4 cm³/mol. The second-order valence-electron chi connectivity index (χ2n) is 4.15. The molecule has 0 bridgehead atoms. The van der Waals surface area contributed by atoms with Crippen LogP contribution in [0.25, 0.3) is 12.2 Å². The van der Waals surface area contributed by atoms with Gasteiger partial charge < -0.3 is 0 Å². The molecule has 0 heterocycles. The van der Waals surface area contributed by atoms with Crippen molar-refractivity contribution in [1.82, 2.24) is 0 Å². The molecule has 2 aromatic rings. The van der Waals surface area contributed by atoms with E-state index in [1.54, 1.807) is 42.5 Å². The first kappa shape index (κ1) is 13.7. The van der Waals surface area contributed by atoms with Crippen LogP contribution in [0.2, 0.25) is 0 Å². The van der Waals surface area contributed by atoms with Crippen LogP contribution in [0.4, 0.5) is 8.78 Å². The summed E-state index contributed by atoms with van der Waals surface area (Å²) >= 11 is 0. The Labute approximate surface area is 116 Å². The van der Waals surface area contributed by atoms with Crippen molar-refractivity contribution < 1.29 is 8.78 Å². The zero-order valence-electron chi connectivity index (χ0n) is 10.6. The van der Waals surface area contributed by atoms with Crippen molar-refractivity contribution in [1.29, 1.82) is 5.26 Å². The molecule has 0 aliphatic carbocycles. The molecule has 0 saturated carbocycles. The maximum absolute atomic E-state index is 12.8. The van der Waals surface area contributed by atoms with E-state index in [-0.39, 0.29) is 11.6 Å². The number of allylic oxidation sites excluding steroid dienone is 2. The predicted octanol–water partition coefficient (Wildman–Crippen LogP) is 4.59. The summed E-state index contributed by atoms with van der Waals surface area (Å²) in [5, 5.41) is 9.06. The van der Waals surface area contributed by atoms with Crippen molar-refractivity contribution in [3.8, 4) is 6.07 Å². The molecule has 20 heavy (non-hydrogen) atoms. The van der Waals surface area contributed by atoms with Gasteiger partial charge in [-0.2, -0.15) is 5.26 Å². The lowest BCUT2D eigenvalue weighted by atomic mass is 10.1. The lowest BCUT2D eigenvalue weighted by molar-refractivity contribution is 0.627. The van der Waals surface area contributed by atoms with Gasteiger partial charge in [0.15, 0.2) is 0 Å². The van der Waals surface area contributed by atoms with Gasteiger partial charge in [0.25, 0.3) is 0 Å². The standard InChI is InChI=1S/C17H11F2N/c18-16-7-3-13(4-8-16)1-2-15(12-20)11-14-5-9-17(19)10-6-14/h1-11H/b2-1+,15-11+. The van der Waals surface area contributed by atoms with Gasteiger partial charge in [-0.25, -0.2) is 8.78 Å². The molecule has 98 valence electrons. The average Bonchev–Trinajstić information content (AvgIpc) is 2.47. The fraction of sp³-hybridized carbons (Fsp3) is 0. The van der Waals surface area contributed by atoms with Crippen LogP contribution in [0.5, 0.6) is 0 Å². The van der Waals surface area contributed by atoms with Gasteiger partial charge in [-0.05, 0) is 47.5 Å². The van der Waals surface area contributed by atoms with Crippen LogP contribution in [0.3, 0.4) is 0 Å². The van der Waals surface area contributed by atoms with E-state index in [1.807, 2.05) is 0 Å². The first-order valence-corrected chi connectivity index (χ1v) is 5.98. The number of nitrogens with zero attached hydrogens (tertiary/aromatic N) is 1. The number of hydrogen-bond acceptors (Lipinski definition) is 1. The minimum Gasteiger partial charge on any atom is -0.207 e. The zero-order valence-corrected chi connectivity index (χ0v) is 10.6. The Hall–Kier alpha value is -2.73. The molecule has 1 nitrogen and oxygen atoms in total. The Morgan fingerprint density at radius 2 is 1.35 bits per heavy atom. The maximum Gasteiger partial charge on any atom is 0.123 e. The maximum atomic E-state index is 12.8. The molecule has 0 fully saturated rings. The highest BCUT2D eigenvalue weighted by Gasteiger charge is 1.94. The number of nitriles is 1. The zero-order chi connectivity index (χ0) is 14.4. The lowest BCUT2D eigenvalue weighted by Crippen LogP contribution is -1.78. The topological polar surface area (TPSA) is 23.8 Å². The van der Waals surface area contributed by atoms with E-state index in [2.05, 4.69) is 6.07 Å². The molecule has 0 amide bonds. The minimum atomic E-state index is -0.317. The van der Waals surface area contributed by atoms with Gasteiger partial charge in [0.05, 0.1) is 11.6 Å². The third-order valence-electron chi connectivity index (χ3n) is 2.65. The summed E-state index contributed by atoms with van der Waals surface area (Å²) in [5.74, 6) is -0.618. The number of benzene rings is 2. The second-order valence-corrected chi connectivity index (χ2v) is 4.15. The highest BCUT2D eigenvalue weighted by molar-refractivity contribution is 5.65. The van der Waals surface area contributed by atoms with Crippen LogP contribution in [0.1, 0.15) is 11.1 Å². The number of halogens is 2. The Bertz CT molecular complexity index is 674. The molecule has 0 unspecified atom stereocenters. The van der Waals surface area contributed by atoms with Crippen LogP contribution in [-0.4, -0.2) is 0 Å². The first-order valence-electron chi connectivity index (χ1n) is 5.98. The molecule has 0 spiro atoms. The third-order valence-corrected chi connectivity index (χ3v) is 2.65. The molecule has 0 aromatic heterocycles. The summed E-state index contributed by atoms with van der Waals surface area (Å²) < 4.78 is 25.5. The quantitative estimate of drug-likeness (QED) is 0.589. The fourth-order valence-electron chi connectivity index (χ4n) is 1.62. The molecule has 0 radical (unpaired) electrons. The molecular weight excluding hydrogens is 256 g/mol. The Morgan fingerprint density at radius 3 is 1.85 bits per heavy atom. The van der Waals surface area contributed by atoms with Crippen molar-refractivity contribution in [3.63, 3.8) is 0 Å². The van der Waals surface area contributed by atoms with Gasteiger partial charge in [0.1, 0.15) is 11.6 Å². The summed E-state index contributed by atoms with van der Waals surface area (Å²) in [6.07, 6.45) is 5.01. The van der Waals surface area contributed by atoms with Crippen molar-refractivity contribution in [2.45, 2.75) is 0 Å². The minimum absolute atomic E-state index is 0.301. The van der Waals surface area contributed by atoms with Crippen molar-refractivity contribution in [2.24, 2.45) is 0 Å². The molecular formula is C17H11F2N. The number of rotatable bonds is 3. The van der Waals surface area contributed by atoms with Crippen molar-refractivity contribution in [3.05, 3.63) is 82.9 Å². The first-order chi connectivity index (χ1) is 9.67. The summed E-state index contributed by atoms with van der Waals surface area (Å²) in [7, 11) is 0.